The molecule has 9 nitrogen and oxygen atoms in total. The van der Waals surface area contributed by atoms with E-state index in [1.165, 1.54) is 5.56 Å². The number of carbonyl (C=O) groups excluding carboxylic acids is 1. The Bertz CT molecular complexity index is 1770. The maximum absolute atomic E-state index is 12.9. The van der Waals surface area contributed by atoms with Gasteiger partial charge in [-0.25, -0.2) is 19.7 Å². The van der Waals surface area contributed by atoms with Crippen molar-refractivity contribution >= 4 is 23.1 Å². The highest BCUT2D eigenvalue weighted by atomic mass is 16.6. The molecule has 5 aromatic rings. The summed E-state index contributed by atoms with van der Waals surface area (Å²) in [7, 11) is 0. The van der Waals surface area contributed by atoms with E-state index in [1.54, 1.807) is 6.20 Å². The first-order valence-electron chi connectivity index (χ1n) is 15.1. The fourth-order valence-corrected chi connectivity index (χ4v) is 6.00. The molecule has 1 aliphatic rings. The summed E-state index contributed by atoms with van der Waals surface area (Å²) in [6.45, 7) is 12.2. The van der Waals surface area contributed by atoms with Crippen LogP contribution in [0.3, 0.4) is 0 Å². The molecule has 1 saturated heterocycles. The average Bonchev–Trinajstić information content (AvgIpc) is 3.35. The Balaban J connectivity index is 1.29. The van der Waals surface area contributed by atoms with E-state index in [0.29, 0.717) is 11.6 Å². The molecule has 0 aliphatic carbocycles. The highest BCUT2D eigenvalue weighted by Gasteiger charge is 2.35. The molecule has 0 bridgehead atoms. The van der Waals surface area contributed by atoms with Gasteiger partial charge in [0.25, 0.3) is 0 Å². The molecule has 9 heteroatoms. The van der Waals surface area contributed by atoms with Crippen LogP contribution >= 0.6 is 0 Å². The lowest BCUT2D eigenvalue weighted by molar-refractivity contribution is -0.0162. The Labute approximate surface area is 258 Å². The maximum atomic E-state index is 12.9. The molecule has 2 aromatic carbocycles. The summed E-state index contributed by atoms with van der Waals surface area (Å²) in [5, 5.41) is 0. The first kappa shape index (κ1) is 29.3. The number of anilines is 1. The standard InChI is InChI=1S/C35H39N7O2/c1-23-20-40(21-24(2)41(23)34(43)44-35(3,4)5)22-25-13-15-27(16-14-25)42-32(28-12-9-19-37-31(28)36)39-30-18-17-29(38-33(30)42)26-10-7-6-8-11-26/h6-19,23-24H,20-22H2,1-5H3,(H2,36,37)/t23-,24-/m1/s1. The van der Waals surface area contributed by atoms with Gasteiger partial charge in [0.15, 0.2) is 11.5 Å². The number of piperazine rings is 1. The fourth-order valence-electron chi connectivity index (χ4n) is 6.00. The monoisotopic (exact) mass is 589 g/mol. The Hall–Kier alpha value is -4.76. The second-order valence-corrected chi connectivity index (χ2v) is 12.6. The van der Waals surface area contributed by atoms with E-state index in [2.05, 4.69) is 64.7 Å². The maximum Gasteiger partial charge on any atom is 0.410 e. The minimum Gasteiger partial charge on any atom is -0.444 e. The van der Waals surface area contributed by atoms with Crippen LogP contribution in [0.15, 0.2) is 85.1 Å². The molecule has 2 N–H and O–H groups in total. The lowest BCUT2D eigenvalue weighted by atomic mass is 10.1. The van der Waals surface area contributed by atoms with E-state index in [-0.39, 0.29) is 18.2 Å². The van der Waals surface area contributed by atoms with Crippen LogP contribution < -0.4 is 5.73 Å². The number of nitrogens with two attached hydrogens (primary N) is 1. The summed E-state index contributed by atoms with van der Waals surface area (Å²) in [6.07, 6.45) is 1.43. The zero-order valence-electron chi connectivity index (χ0n) is 25.9. The summed E-state index contributed by atoms with van der Waals surface area (Å²) < 4.78 is 7.73. The van der Waals surface area contributed by atoms with E-state index in [9.17, 15) is 4.79 Å². The van der Waals surface area contributed by atoms with Crippen molar-refractivity contribution in [3.8, 4) is 28.3 Å². The molecule has 44 heavy (non-hydrogen) atoms. The van der Waals surface area contributed by atoms with Gasteiger partial charge in [-0.15, -0.1) is 0 Å². The minimum absolute atomic E-state index is 0.0440. The molecular weight excluding hydrogens is 550 g/mol. The summed E-state index contributed by atoms with van der Waals surface area (Å²) in [5.74, 6) is 1.11. The van der Waals surface area contributed by atoms with Crippen LogP contribution in [0.2, 0.25) is 0 Å². The number of rotatable bonds is 5. The Morgan fingerprint density at radius 2 is 1.61 bits per heavy atom. The third-order valence-electron chi connectivity index (χ3n) is 7.85. The molecule has 0 radical (unpaired) electrons. The molecule has 0 spiro atoms. The Morgan fingerprint density at radius 1 is 0.909 bits per heavy atom. The van der Waals surface area contributed by atoms with Gasteiger partial charge in [0.05, 0.1) is 11.3 Å². The van der Waals surface area contributed by atoms with E-state index in [0.717, 1.165) is 53.3 Å². The van der Waals surface area contributed by atoms with Crippen molar-refractivity contribution in [2.24, 2.45) is 0 Å². The molecular formula is C35H39N7O2. The van der Waals surface area contributed by atoms with Crippen molar-refractivity contribution in [1.29, 1.82) is 0 Å². The summed E-state index contributed by atoms with van der Waals surface area (Å²) in [4.78, 5) is 31.5. The van der Waals surface area contributed by atoms with Gasteiger partial charge in [-0.1, -0.05) is 42.5 Å². The highest BCUT2D eigenvalue weighted by Crippen LogP contribution is 2.32. The zero-order valence-corrected chi connectivity index (χ0v) is 25.9. The van der Waals surface area contributed by atoms with Crippen LogP contribution in [0.25, 0.3) is 39.5 Å². The van der Waals surface area contributed by atoms with Gasteiger partial charge in [-0.3, -0.25) is 9.47 Å². The second-order valence-electron chi connectivity index (χ2n) is 12.6. The van der Waals surface area contributed by atoms with Crippen LogP contribution in [0.5, 0.6) is 0 Å². The molecule has 6 rings (SSSR count). The van der Waals surface area contributed by atoms with Gasteiger partial charge in [-0.05, 0) is 76.6 Å². The molecule has 3 aromatic heterocycles. The van der Waals surface area contributed by atoms with Crippen molar-refractivity contribution < 1.29 is 9.53 Å². The molecule has 1 fully saturated rings. The number of ether oxygens (including phenoxy) is 1. The second kappa shape index (κ2) is 11.7. The normalized spacial score (nSPS) is 17.6. The number of fused-ring (bicyclic) bond motifs is 1. The number of pyridine rings is 2. The van der Waals surface area contributed by atoms with E-state index >= 15 is 0 Å². The van der Waals surface area contributed by atoms with Crippen molar-refractivity contribution in [2.75, 3.05) is 18.8 Å². The third-order valence-corrected chi connectivity index (χ3v) is 7.85. The van der Waals surface area contributed by atoms with Crippen molar-refractivity contribution in [1.82, 2.24) is 29.3 Å². The van der Waals surface area contributed by atoms with Gasteiger partial charge in [0.2, 0.25) is 0 Å². The van der Waals surface area contributed by atoms with Crippen LogP contribution in [0.4, 0.5) is 10.6 Å². The first-order valence-corrected chi connectivity index (χ1v) is 15.1. The van der Waals surface area contributed by atoms with E-state index < -0.39 is 5.60 Å². The number of hydrogen-bond acceptors (Lipinski definition) is 7. The van der Waals surface area contributed by atoms with Gasteiger partial charge < -0.3 is 15.4 Å². The number of aromatic nitrogens is 4. The molecule has 1 amide bonds. The number of amides is 1. The largest absolute Gasteiger partial charge is 0.444 e. The smallest absolute Gasteiger partial charge is 0.410 e. The van der Waals surface area contributed by atoms with Crippen molar-refractivity contribution in [3.63, 3.8) is 0 Å². The fraction of sp³-hybridized carbons (Fsp3) is 0.314. The minimum atomic E-state index is -0.517. The van der Waals surface area contributed by atoms with Crippen molar-refractivity contribution in [3.05, 3.63) is 90.6 Å². The third kappa shape index (κ3) is 6.01. The molecule has 0 unspecified atom stereocenters. The highest BCUT2D eigenvalue weighted by molar-refractivity contribution is 5.84. The summed E-state index contributed by atoms with van der Waals surface area (Å²) >= 11 is 0. The predicted octanol–water partition coefficient (Wildman–Crippen LogP) is 6.56. The molecule has 2 atom stereocenters. The lowest BCUT2D eigenvalue weighted by Gasteiger charge is -2.44. The number of benzene rings is 2. The lowest BCUT2D eigenvalue weighted by Crippen LogP contribution is -2.59. The van der Waals surface area contributed by atoms with Crippen LogP contribution in [-0.2, 0) is 11.3 Å². The van der Waals surface area contributed by atoms with Crippen molar-refractivity contribution in [2.45, 2.75) is 58.8 Å². The summed E-state index contributed by atoms with van der Waals surface area (Å²) in [5.41, 5.74) is 12.1. The van der Waals surface area contributed by atoms with Gasteiger partial charge in [0.1, 0.15) is 16.9 Å². The predicted molar refractivity (Wildman–Crippen MR) is 174 cm³/mol. The number of imidazole rings is 1. The number of carbonyl (C=O) groups is 1. The summed E-state index contributed by atoms with van der Waals surface area (Å²) in [6, 6.07) is 26.5. The Morgan fingerprint density at radius 3 is 2.27 bits per heavy atom. The van der Waals surface area contributed by atoms with Crippen LogP contribution in [0.1, 0.15) is 40.2 Å². The van der Waals surface area contributed by atoms with E-state index in [4.69, 9.17) is 20.4 Å². The quantitative estimate of drug-likeness (QED) is 0.248. The number of hydrogen-bond donors (Lipinski definition) is 1. The van der Waals surface area contributed by atoms with Gasteiger partial charge in [0, 0.05) is 49.2 Å². The molecule has 4 heterocycles. The first-order chi connectivity index (χ1) is 21.1. The van der Waals surface area contributed by atoms with Gasteiger partial charge >= 0.3 is 6.09 Å². The van der Waals surface area contributed by atoms with Crippen LogP contribution in [0, 0.1) is 0 Å². The van der Waals surface area contributed by atoms with E-state index in [1.807, 2.05) is 68.1 Å². The average molecular weight is 590 g/mol. The molecule has 1 aliphatic heterocycles. The Kier molecular flexibility index (Phi) is 7.82. The number of nitrogens with zero attached hydrogens (tertiary/aromatic N) is 6. The topological polar surface area (TPSA) is 102 Å². The SMILES string of the molecule is C[C@@H]1CN(Cc2ccc(-n3c(-c4cccnc4N)nc4ccc(-c5ccccc5)nc43)cc2)C[C@@H](C)N1C(=O)OC(C)(C)C. The molecule has 0 saturated carbocycles. The van der Waals surface area contributed by atoms with Crippen LogP contribution in [-0.4, -0.2) is 66.2 Å². The number of nitrogen functional groups attached to an aromatic ring is 1. The zero-order chi connectivity index (χ0) is 31.0. The molecule has 226 valence electrons. The van der Waals surface area contributed by atoms with Gasteiger partial charge in [-0.2, -0.15) is 0 Å².